The average Bonchev–Trinajstić information content (AvgIpc) is 4.07. The summed E-state index contributed by atoms with van der Waals surface area (Å²) in [5.41, 5.74) is 9.06. The molecule has 7 rings (SSSR count). The number of nitrogens with one attached hydrogen (secondary N) is 7. The first-order valence-corrected chi connectivity index (χ1v) is 28.3. The second-order valence-electron chi connectivity index (χ2n) is 19.1. The van der Waals surface area contributed by atoms with Gasteiger partial charge >= 0.3 is 6.03 Å². The number of aliphatic hydroxyl groups is 1. The van der Waals surface area contributed by atoms with E-state index in [0.29, 0.717) is 136 Å². The van der Waals surface area contributed by atoms with Crippen LogP contribution in [0.3, 0.4) is 0 Å². The highest BCUT2D eigenvalue weighted by Gasteiger charge is 2.33. The van der Waals surface area contributed by atoms with Crippen LogP contribution in [-0.4, -0.2) is 235 Å². The summed E-state index contributed by atoms with van der Waals surface area (Å²) in [5, 5.41) is 27.3. The van der Waals surface area contributed by atoms with Crippen LogP contribution in [0.5, 0.6) is 11.5 Å². The van der Waals surface area contributed by atoms with Crippen LogP contribution in [0.4, 0.5) is 10.5 Å². The van der Waals surface area contributed by atoms with Gasteiger partial charge in [0.2, 0.25) is 11.8 Å². The fraction of sp³-hybridized carbons (Fsp3) is 0.700. The van der Waals surface area contributed by atoms with Crippen molar-refractivity contribution in [1.82, 2.24) is 51.9 Å². The van der Waals surface area contributed by atoms with Gasteiger partial charge in [-0.15, -0.1) is 23.5 Å². The highest BCUT2D eigenvalue weighted by Crippen LogP contribution is 2.29. The molecule has 2 aromatic carbocycles. The number of anilines is 1. The molecule has 4 saturated heterocycles. The monoisotopic (exact) mass is 1090 g/mol. The molecule has 5 heterocycles. The van der Waals surface area contributed by atoms with Crippen LogP contribution in [0.15, 0.2) is 42.5 Å². The predicted molar refractivity (Wildman–Crippen MR) is 286 cm³/mol. The lowest BCUT2D eigenvalue weighted by Crippen LogP contribution is -2.56. The zero-order valence-corrected chi connectivity index (χ0v) is 45.4. The third kappa shape index (κ3) is 20.6. The molecular formula is C50H81N11O12S2. The standard InChI is InChI=1S/C50H81N11O12S2/c1-36-29-51-48(64)54-47(36)74-35-46(63)61-30-37-4-7-44(66-3)27-38(37)26-42(61)33-72-23-21-69-19-18-68-17-16-67-15-14-60-31-41(56-57-60)32-71-22-20-70-24-25-73-43-8-5-39(6-9-43)52-49(65)55-50-53-40(34-75-50)28-45(62)59-12-10-58(2)11-13-59/h4-9,27,36,40-42,47-48,50-51,53-54,56-57,64H,10-26,28-35H2,1-3H3,(H2,52,55,65)/t36?,40?,41?,42-,47?,48?,50?/m0/s1. The molecule has 4 amide bonds. The van der Waals surface area contributed by atoms with Crippen molar-refractivity contribution in [2.24, 2.45) is 5.92 Å². The van der Waals surface area contributed by atoms with Gasteiger partial charge in [0.25, 0.3) is 0 Å². The summed E-state index contributed by atoms with van der Waals surface area (Å²) in [6.07, 6.45) is 0.332. The average molecular weight is 1090 g/mol. The Kier molecular flexibility index (Phi) is 25.5. The van der Waals surface area contributed by atoms with Crippen molar-refractivity contribution in [3.05, 3.63) is 53.6 Å². The Morgan fingerprint density at radius 2 is 1.47 bits per heavy atom. The molecule has 4 fully saturated rings. The van der Waals surface area contributed by atoms with Gasteiger partial charge in [-0.25, -0.2) is 15.2 Å². The van der Waals surface area contributed by atoms with E-state index in [2.05, 4.69) is 61.4 Å². The van der Waals surface area contributed by atoms with Crippen LogP contribution < -0.4 is 47.0 Å². The number of aliphatic hydroxyl groups excluding tert-OH is 1. The van der Waals surface area contributed by atoms with Crippen molar-refractivity contribution in [3.8, 4) is 11.5 Å². The summed E-state index contributed by atoms with van der Waals surface area (Å²) < 4.78 is 46.0. The van der Waals surface area contributed by atoms with Gasteiger partial charge in [-0.3, -0.25) is 25.5 Å². The zero-order valence-electron chi connectivity index (χ0n) is 43.8. The SMILES string of the molecule is COc1ccc2c(c1)C[C@@H](COCCOCCOCCOCCN1CC(COCCOCCOc3ccc(NC(=O)NC4NC(CC(=O)N5CCN(C)CC5)CS4)cc3)NN1)N(C(=O)CSC1NC(O)NCC1C)C2. The van der Waals surface area contributed by atoms with Crippen molar-refractivity contribution in [2.45, 2.75) is 61.7 Å². The summed E-state index contributed by atoms with van der Waals surface area (Å²) in [7, 11) is 3.73. The third-order valence-corrected chi connectivity index (χ3v) is 15.9. The van der Waals surface area contributed by atoms with Crippen LogP contribution in [0.25, 0.3) is 0 Å². The molecule has 8 N–H and O–H groups in total. The summed E-state index contributed by atoms with van der Waals surface area (Å²) in [5.74, 6) is 3.01. The number of nitrogens with zero attached hydrogens (tertiary/aromatic N) is 4. The Hall–Kier alpha value is -3.61. The Morgan fingerprint density at radius 3 is 2.20 bits per heavy atom. The molecule has 420 valence electrons. The van der Waals surface area contributed by atoms with Gasteiger partial charge in [-0.05, 0) is 66.9 Å². The van der Waals surface area contributed by atoms with Gasteiger partial charge in [-0.2, -0.15) is 5.53 Å². The van der Waals surface area contributed by atoms with E-state index in [9.17, 15) is 19.5 Å². The lowest BCUT2D eigenvalue weighted by Gasteiger charge is -2.38. The fourth-order valence-electron chi connectivity index (χ4n) is 8.97. The van der Waals surface area contributed by atoms with Crippen molar-refractivity contribution in [3.63, 3.8) is 0 Å². The minimum atomic E-state index is -0.772. The lowest BCUT2D eigenvalue weighted by molar-refractivity contribution is -0.134. The maximum atomic E-state index is 13.6. The first-order valence-electron chi connectivity index (χ1n) is 26.2. The Labute approximate surface area is 450 Å². The molecule has 0 aliphatic carbocycles. The van der Waals surface area contributed by atoms with Gasteiger partial charge in [-0.1, -0.05) is 13.0 Å². The number of benzene rings is 2. The zero-order chi connectivity index (χ0) is 52.6. The van der Waals surface area contributed by atoms with Crippen LogP contribution in [0.1, 0.15) is 24.5 Å². The normalized spacial score (nSPS) is 24.3. The number of carbonyl (C=O) groups excluding carboxylic acids is 3. The van der Waals surface area contributed by atoms with Gasteiger partial charge < -0.3 is 68.3 Å². The summed E-state index contributed by atoms with van der Waals surface area (Å²) in [6.45, 7) is 13.9. The van der Waals surface area contributed by atoms with Gasteiger partial charge in [0.05, 0.1) is 110 Å². The molecule has 0 radical (unpaired) electrons. The molecule has 5 aliphatic rings. The Bertz CT molecular complexity index is 2020. The highest BCUT2D eigenvalue weighted by molar-refractivity contribution is 8.00. The molecule has 25 heteroatoms. The van der Waals surface area contributed by atoms with Crippen LogP contribution in [-0.2, 0) is 51.0 Å². The smallest absolute Gasteiger partial charge is 0.321 e. The van der Waals surface area contributed by atoms with Gasteiger partial charge in [0, 0.05) is 76.3 Å². The molecule has 2 aromatic rings. The van der Waals surface area contributed by atoms with E-state index in [0.717, 1.165) is 55.4 Å². The van der Waals surface area contributed by atoms with Crippen LogP contribution in [0.2, 0.25) is 0 Å². The van der Waals surface area contributed by atoms with E-state index >= 15 is 0 Å². The number of urea groups is 1. The number of hydrogen-bond donors (Lipinski definition) is 8. The molecule has 5 aliphatic heterocycles. The molecular weight excluding hydrogens is 1010 g/mol. The first kappa shape index (κ1) is 59.1. The number of likely N-dealkylation sites (N-methyl/N-ethyl adjacent to an activating group) is 1. The van der Waals surface area contributed by atoms with E-state index in [1.54, 1.807) is 43.1 Å². The molecule has 7 atom stereocenters. The second kappa shape index (κ2) is 32.3. The van der Waals surface area contributed by atoms with E-state index in [-0.39, 0.29) is 52.8 Å². The molecule has 23 nitrogen and oxygen atoms in total. The van der Waals surface area contributed by atoms with E-state index in [4.69, 9.17) is 37.9 Å². The Balaban J connectivity index is 0.629. The number of amides is 4. The van der Waals surface area contributed by atoms with E-state index in [1.165, 1.54) is 11.8 Å². The molecule has 6 unspecified atom stereocenters. The lowest BCUT2D eigenvalue weighted by atomic mass is 9.94. The number of methoxy groups -OCH3 is 1. The van der Waals surface area contributed by atoms with Gasteiger partial charge in [0.1, 0.15) is 23.6 Å². The van der Waals surface area contributed by atoms with E-state index in [1.807, 2.05) is 28.0 Å². The van der Waals surface area contributed by atoms with Crippen LogP contribution >= 0.6 is 23.5 Å². The molecule has 0 saturated carbocycles. The number of thioether (sulfide) groups is 2. The molecule has 0 spiro atoms. The Morgan fingerprint density at radius 1 is 0.787 bits per heavy atom. The maximum Gasteiger partial charge on any atom is 0.321 e. The van der Waals surface area contributed by atoms with E-state index < -0.39 is 6.35 Å². The van der Waals surface area contributed by atoms with Crippen molar-refractivity contribution in [2.75, 3.05) is 163 Å². The van der Waals surface area contributed by atoms with Crippen LogP contribution in [0, 0.1) is 5.92 Å². The number of hydrogen-bond acceptors (Lipinski definition) is 21. The predicted octanol–water partition coefficient (Wildman–Crippen LogP) is 0.259. The number of piperazine rings is 1. The van der Waals surface area contributed by atoms with Crippen molar-refractivity contribution in [1.29, 1.82) is 0 Å². The summed E-state index contributed by atoms with van der Waals surface area (Å²) in [6, 6.07) is 12.9. The second-order valence-corrected chi connectivity index (χ2v) is 21.4. The fourth-order valence-corrected chi connectivity index (χ4v) is 11.2. The third-order valence-electron chi connectivity index (χ3n) is 13.3. The largest absolute Gasteiger partial charge is 0.497 e. The number of rotatable bonds is 31. The highest BCUT2D eigenvalue weighted by atomic mass is 32.2. The minimum absolute atomic E-state index is 0.0206. The quantitative estimate of drug-likeness (QED) is 0.0473. The maximum absolute atomic E-state index is 13.6. The number of hydrazine groups is 2. The first-order chi connectivity index (χ1) is 36.6. The summed E-state index contributed by atoms with van der Waals surface area (Å²) in [4.78, 5) is 45.0. The molecule has 0 aromatic heterocycles. The summed E-state index contributed by atoms with van der Waals surface area (Å²) >= 11 is 3.12. The number of carbonyl (C=O) groups is 3. The minimum Gasteiger partial charge on any atom is -0.497 e. The number of ether oxygens (including phenoxy) is 8. The van der Waals surface area contributed by atoms with Gasteiger partial charge in [0.15, 0.2) is 6.35 Å². The topological polar surface area (TPSA) is 242 Å². The van der Waals surface area contributed by atoms with Crippen molar-refractivity contribution >= 4 is 47.1 Å². The molecule has 75 heavy (non-hydrogen) atoms. The number of fused-ring (bicyclic) bond motifs is 1. The molecule has 0 bridgehead atoms. The van der Waals surface area contributed by atoms with Crippen molar-refractivity contribution < 1.29 is 57.4 Å².